The Labute approximate surface area is 125 Å². The van der Waals surface area contributed by atoms with Gasteiger partial charge in [0.05, 0.1) is 5.69 Å². The van der Waals surface area contributed by atoms with Crippen LogP contribution in [0.4, 0.5) is 10.1 Å². The van der Waals surface area contributed by atoms with Crippen molar-refractivity contribution in [2.24, 2.45) is 0 Å². The Morgan fingerprint density at radius 2 is 2.10 bits per heavy atom. The Morgan fingerprint density at radius 1 is 1.38 bits per heavy atom. The van der Waals surface area contributed by atoms with Crippen LogP contribution in [-0.2, 0) is 6.42 Å². The van der Waals surface area contributed by atoms with Crippen LogP contribution in [-0.4, -0.2) is 11.1 Å². The van der Waals surface area contributed by atoms with Crippen molar-refractivity contribution in [1.82, 2.24) is 0 Å². The van der Waals surface area contributed by atoms with Crippen molar-refractivity contribution >= 4 is 23.3 Å². The second kappa shape index (κ2) is 6.01. The third kappa shape index (κ3) is 3.08. The molecule has 0 aromatic heterocycles. The second-order valence-corrected chi connectivity index (χ2v) is 4.76. The number of nitrogens with two attached hydrogens (primary N) is 1. The van der Waals surface area contributed by atoms with Crippen molar-refractivity contribution in [3.8, 4) is 11.5 Å². The maximum atomic E-state index is 13.4. The van der Waals surface area contributed by atoms with Crippen molar-refractivity contribution in [3.05, 3.63) is 52.3 Å². The van der Waals surface area contributed by atoms with Gasteiger partial charge in [0.15, 0.2) is 0 Å². The summed E-state index contributed by atoms with van der Waals surface area (Å²) < 4.78 is 18.9. The first-order valence-electron chi connectivity index (χ1n) is 6.21. The maximum absolute atomic E-state index is 13.4. The normalized spacial score (nSPS) is 10.4. The Balaban J connectivity index is 2.44. The smallest absolute Gasteiger partial charge is 0.341 e. The highest BCUT2D eigenvalue weighted by atomic mass is 35.5. The summed E-state index contributed by atoms with van der Waals surface area (Å²) in [5.41, 5.74) is 5.47. The number of ether oxygens (including phenoxy) is 1. The number of hydrogen-bond acceptors (Lipinski definition) is 3. The fourth-order valence-electron chi connectivity index (χ4n) is 1.89. The molecule has 21 heavy (non-hydrogen) atoms. The average molecular weight is 310 g/mol. The first kappa shape index (κ1) is 15.1. The Hall–Kier alpha value is -2.27. The lowest BCUT2D eigenvalue weighted by atomic mass is 10.1. The molecule has 3 N–H and O–H groups in total. The Kier molecular flexibility index (Phi) is 4.33. The number of anilines is 1. The van der Waals surface area contributed by atoms with Crippen molar-refractivity contribution in [2.75, 3.05) is 5.73 Å². The van der Waals surface area contributed by atoms with Crippen LogP contribution in [0.25, 0.3) is 0 Å². The highest BCUT2D eigenvalue weighted by Gasteiger charge is 2.19. The number of carboxylic acid groups (broad SMARTS) is 1. The summed E-state index contributed by atoms with van der Waals surface area (Å²) in [5, 5.41) is 9.75. The average Bonchev–Trinajstić information content (AvgIpc) is 2.44. The first-order valence-corrected chi connectivity index (χ1v) is 6.59. The molecular formula is C15H13ClFNO3. The molecule has 0 radical (unpaired) electrons. The lowest BCUT2D eigenvalue weighted by Crippen LogP contribution is -2.07. The number of benzene rings is 2. The molecule has 0 bridgehead atoms. The number of aromatic carboxylic acids is 1. The molecule has 4 nitrogen and oxygen atoms in total. The van der Waals surface area contributed by atoms with Gasteiger partial charge in [-0.15, -0.1) is 0 Å². The van der Waals surface area contributed by atoms with Crippen LogP contribution in [0.5, 0.6) is 11.5 Å². The van der Waals surface area contributed by atoms with E-state index in [1.165, 1.54) is 6.07 Å². The lowest BCUT2D eigenvalue weighted by molar-refractivity contribution is 0.0695. The van der Waals surface area contributed by atoms with Crippen LogP contribution in [0.1, 0.15) is 22.8 Å². The molecule has 0 aliphatic carbocycles. The molecule has 0 spiro atoms. The van der Waals surface area contributed by atoms with Gasteiger partial charge in [-0.2, -0.15) is 0 Å². The summed E-state index contributed by atoms with van der Waals surface area (Å²) in [6.45, 7) is 1.93. The zero-order valence-electron chi connectivity index (χ0n) is 11.2. The Bertz CT molecular complexity index is 704. The Morgan fingerprint density at radius 3 is 2.71 bits per heavy atom. The topological polar surface area (TPSA) is 72.5 Å². The summed E-state index contributed by atoms with van der Waals surface area (Å²) in [7, 11) is 0. The van der Waals surface area contributed by atoms with Crippen LogP contribution >= 0.6 is 11.6 Å². The van der Waals surface area contributed by atoms with Gasteiger partial charge in [0.25, 0.3) is 0 Å². The van der Waals surface area contributed by atoms with Crippen LogP contribution < -0.4 is 10.5 Å². The molecule has 0 aliphatic heterocycles. The molecule has 2 aromatic rings. The standard InChI is InChI=1S/C15H13ClFNO3/c1-2-8-7-9(3-4-10(8)16)21-12-6-5-11(17)14(18)13(12)15(19)20/h3-7H,2,18H2,1H3,(H,19,20). The van der Waals surface area contributed by atoms with Crippen molar-refractivity contribution in [1.29, 1.82) is 0 Å². The number of aryl methyl sites for hydroxylation is 1. The van der Waals surface area contributed by atoms with Crippen molar-refractivity contribution in [3.63, 3.8) is 0 Å². The number of nitrogen functional groups attached to an aromatic ring is 1. The van der Waals surface area contributed by atoms with Crippen molar-refractivity contribution in [2.45, 2.75) is 13.3 Å². The van der Waals surface area contributed by atoms with E-state index >= 15 is 0 Å². The highest BCUT2D eigenvalue weighted by Crippen LogP contribution is 2.32. The van der Waals surface area contributed by atoms with E-state index in [0.717, 1.165) is 11.6 Å². The zero-order chi connectivity index (χ0) is 15.6. The third-order valence-electron chi connectivity index (χ3n) is 2.99. The van der Waals surface area contributed by atoms with Crippen LogP contribution in [0.3, 0.4) is 0 Å². The van der Waals surface area contributed by atoms with E-state index in [1.54, 1.807) is 18.2 Å². The first-order chi connectivity index (χ1) is 9.93. The second-order valence-electron chi connectivity index (χ2n) is 4.35. The SMILES string of the molecule is CCc1cc(Oc2ccc(F)c(N)c2C(=O)O)ccc1Cl. The summed E-state index contributed by atoms with van der Waals surface area (Å²) in [6, 6.07) is 7.26. The van der Waals surface area contributed by atoms with E-state index in [4.69, 9.17) is 27.2 Å². The van der Waals surface area contributed by atoms with Gasteiger partial charge >= 0.3 is 5.97 Å². The summed E-state index contributed by atoms with van der Waals surface area (Å²) in [6.07, 6.45) is 0.702. The van der Waals surface area contributed by atoms with E-state index in [-0.39, 0.29) is 5.75 Å². The summed E-state index contributed by atoms with van der Waals surface area (Å²) >= 11 is 6.01. The monoisotopic (exact) mass is 309 g/mol. The number of halogens is 2. The maximum Gasteiger partial charge on any atom is 0.341 e. The van der Waals surface area contributed by atoms with Crippen LogP contribution in [0, 0.1) is 5.82 Å². The van der Waals surface area contributed by atoms with Gasteiger partial charge in [-0.05, 0) is 42.3 Å². The molecule has 0 atom stereocenters. The molecule has 0 unspecified atom stereocenters. The minimum absolute atomic E-state index is 0.0224. The summed E-state index contributed by atoms with van der Waals surface area (Å²) in [4.78, 5) is 11.2. The van der Waals surface area contributed by atoms with Gasteiger partial charge in [-0.25, -0.2) is 9.18 Å². The van der Waals surface area contributed by atoms with Gasteiger partial charge in [-0.3, -0.25) is 0 Å². The predicted octanol–water partition coefficient (Wildman–Crippen LogP) is 4.11. The van der Waals surface area contributed by atoms with E-state index in [0.29, 0.717) is 17.2 Å². The minimum Gasteiger partial charge on any atom is -0.477 e. The van der Waals surface area contributed by atoms with Crippen LogP contribution in [0.2, 0.25) is 5.02 Å². The van der Waals surface area contributed by atoms with E-state index in [2.05, 4.69) is 0 Å². The fourth-order valence-corrected chi connectivity index (χ4v) is 2.14. The van der Waals surface area contributed by atoms with Gasteiger partial charge in [0.1, 0.15) is 22.9 Å². The molecule has 0 fully saturated rings. The molecule has 0 aliphatic rings. The molecule has 2 aromatic carbocycles. The molecule has 0 heterocycles. The van der Waals surface area contributed by atoms with Gasteiger partial charge in [0.2, 0.25) is 0 Å². The molecule has 2 rings (SSSR count). The predicted molar refractivity (Wildman–Crippen MR) is 78.7 cm³/mol. The van der Waals surface area contributed by atoms with Crippen LogP contribution in [0.15, 0.2) is 30.3 Å². The summed E-state index contributed by atoms with van der Waals surface area (Å²) in [5.74, 6) is -1.77. The van der Waals surface area contributed by atoms with E-state index in [1.807, 2.05) is 6.92 Å². The highest BCUT2D eigenvalue weighted by molar-refractivity contribution is 6.31. The van der Waals surface area contributed by atoms with Gasteiger partial charge in [0, 0.05) is 5.02 Å². The van der Waals surface area contributed by atoms with Gasteiger partial charge in [-0.1, -0.05) is 18.5 Å². The van der Waals surface area contributed by atoms with Gasteiger partial charge < -0.3 is 15.6 Å². The minimum atomic E-state index is -1.35. The molecule has 0 saturated heterocycles. The van der Waals surface area contributed by atoms with E-state index in [9.17, 15) is 9.18 Å². The number of hydrogen-bond donors (Lipinski definition) is 2. The lowest BCUT2D eigenvalue weighted by Gasteiger charge is -2.12. The van der Waals surface area contributed by atoms with E-state index < -0.39 is 23.0 Å². The number of carboxylic acids is 1. The largest absolute Gasteiger partial charge is 0.477 e. The zero-order valence-corrected chi connectivity index (χ0v) is 11.9. The molecule has 0 amide bonds. The molecule has 6 heteroatoms. The number of carbonyl (C=O) groups is 1. The number of rotatable bonds is 4. The quantitative estimate of drug-likeness (QED) is 0.833. The molecular weight excluding hydrogens is 297 g/mol. The third-order valence-corrected chi connectivity index (χ3v) is 3.36. The molecule has 0 saturated carbocycles. The molecule has 110 valence electrons. The fraction of sp³-hybridized carbons (Fsp3) is 0.133. The van der Waals surface area contributed by atoms with Crippen molar-refractivity contribution < 1.29 is 19.0 Å².